The van der Waals surface area contributed by atoms with E-state index < -0.39 is 0 Å². The van der Waals surface area contributed by atoms with E-state index in [-0.39, 0.29) is 5.25 Å². The molecule has 1 atom stereocenters. The number of morpholine rings is 1. The van der Waals surface area contributed by atoms with Gasteiger partial charge >= 0.3 is 0 Å². The number of rotatable bonds is 1. The summed E-state index contributed by atoms with van der Waals surface area (Å²) >= 11 is 1.83. The lowest BCUT2D eigenvalue weighted by atomic mass is 10.1. The van der Waals surface area contributed by atoms with Gasteiger partial charge in [0.25, 0.3) is 0 Å². The van der Waals surface area contributed by atoms with Crippen molar-refractivity contribution < 1.29 is 9.53 Å². The van der Waals surface area contributed by atoms with E-state index in [1.807, 2.05) is 16.7 Å². The van der Waals surface area contributed by atoms with Crippen LogP contribution >= 0.6 is 11.8 Å². The highest BCUT2D eigenvalue weighted by Crippen LogP contribution is 2.26. The number of nitrogens with zero attached hydrogens (tertiary/aromatic N) is 1. The van der Waals surface area contributed by atoms with Crippen LogP contribution in [0.15, 0.2) is 0 Å². The summed E-state index contributed by atoms with van der Waals surface area (Å²) in [7, 11) is 0. The quantitative estimate of drug-likeness (QED) is 0.657. The van der Waals surface area contributed by atoms with Crippen LogP contribution in [0.3, 0.4) is 0 Å². The van der Waals surface area contributed by atoms with Gasteiger partial charge in [-0.3, -0.25) is 4.79 Å². The van der Waals surface area contributed by atoms with Gasteiger partial charge in [-0.15, -0.1) is 11.8 Å². The van der Waals surface area contributed by atoms with Gasteiger partial charge in [-0.05, 0) is 18.6 Å². The van der Waals surface area contributed by atoms with E-state index in [0.29, 0.717) is 19.1 Å². The third-order valence-corrected chi connectivity index (χ3v) is 4.14. The maximum Gasteiger partial charge on any atom is 0.235 e. The largest absolute Gasteiger partial charge is 0.378 e. The summed E-state index contributed by atoms with van der Waals surface area (Å²) in [6.07, 6.45) is 3.56. The predicted octanol–water partition coefficient (Wildman–Crippen LogP) is 1.13. The lowest BCUT2D eigenvalue weighted by molar-refractivity contribution is -0.134. The molecule has 2 heterocycles. The molecule has 2 rings (SSSR count). The number of carbonyl (C=O) groups is 1. The zero-order chi connectivity index (χ0) is 9.80. The first-order chi connectivity index (χ1) is 6.88. The minimum atomic E-state index is 0.238. The molecular formula is C10H17NO2S. The van der Waals surface area contributed by atoms with Crippen molar-refractivity contribution in [1.29, 1.82) is 0 Å². The van der Waals surface area contributed by atoms with E-state index in [9.17, 15) is 4.79 Å². The maximum absolute atomic E-state index is 12.0. The number of thioether (sulfide) groups is 1. The van der Waals surface area contributed by atoms with E-state index >= 15 is 0 Å². The Hall–Kier alpha value is -0.220. The smallest absolute Gasteiger partial charge is 0.235 e. The van der Waals surface area contributed by atoms with Gasteiger partial charge in [0, 0.05) is 13.1 Å². The fraction of sp³-hybridized carbons (Fsp3) is 0.900. The molecule has 0 aliphatic carbocycles. The number of hydrogen-bond acceptors (Lipinski definition) is 3. The SMILES string of the molecule is O=C(C1CCCCS1)N1CCOCC1. The van der Waals surface area contributed by atoms with Gasteiger partial charge in [-0.25, -0.2) is 0 Å². The van der Waals surface area contributed by atoms with Crippen LogP contribution < -0.4 is 0 Å². The lowest BCUT2D eigenvalue weighted by Gasteiger charge is -2.31. The molecule has 2 aliphatic rings. The summed E-state index contributed by atoms with van der Waals surface area (Å²) < 4.78 is 5.24. The van der Waals surface area contributed by atoms with Gasteiger partial charge in [0.05, 0.1) is 18.5 Å². The monoisotopic (exact) mass is 215 g/mol. The summed E-state index contributed by atoms with van der Waals surface area (Å²) in [5.41, 5.74) is 0. The third-order valence-electron chi connectivity index (χ3n) is 2.78. The molecule has 4 heteroatoms. The maximum atomic E-state index is 12.0. The Morgan fingerprint density at radius 2 is 2.07 bits per heavy atom. The molecule has 0 aromatic heterocycles. The van der Waals surface area contributed by atoms with Crippen LogP contribution in [0.5, 0.6) is 0 Å². The molecular weight excluding hydrogens is 198 g/mol. The fourth-order valence-electron chi connectivity index (χ4n) is 1.92. The normalized spacial score (nSPS) is 28.9. The molecule has 14 heavy (non-hydrogen) atoms. The van der Waals surface area contributed by atoms with Crippen LogP contribution in [-0.4, -0.2) is 48.1 Å². The van der Waals surface area contributed by atoms with E-state index in [2.05, 4.69) is 0 Å². The van der Waals surface area contributed by atoms with Crippen LogP contribution in [0.1, 0.15) is 19.3 Å². The molecule has 0 spiro atoms. The Morgan fingerprint density at radius 3 is 2.71 bits per heavy atom. The second-order valence-corrected chi connectivity index (χ2v) is 5.10. The molecule has 2 aliphatic heterocycles. The van der Waals surface area contributed by atoms with Crippen molar-refractivity contribution in [2.75, 3.05) is 32.1 Å². The standard InChI is InChI=1S/C10H17NO2S/c12-10(9-3-1-2-8-14-9)11-4-6-13-7-5-11/h9H,1-8H2. The second-order valence-electron chi connectivity index (χ2n) is 3.79. The van der Waals surface area contributed by atoms with Crippen LogP contribution in [0.25, 0.3) is 0 Å². The van der Waals surface area contributed by atoms with Crippen molar-refractivity contribution in [3.05, 3.63) is 0 Å². The molecule has 0 bridgehead atoms. The summed E-state index contributed by atoms with van der Waals surface area (Å²) in [5.74, 6) is 1.50. The number of ether oxygens (including phenoxy) is 1. The first kappa shape index (κ1) is 10.3. The van der Waals surface area contributed by atoms with Crippen molar-refractivity contribution in [1.82, 2.24) is 4.90 Å². The van der Waals surface area contributed by atoms with Crippen molar-refractivity contribution in [3.8, 4) is 0 Å². The van der Waals surface area contributed by atoms with Crippen LogP contribution in [0, 0.1) is 0 Å². The first-order valence-corrected chi connectivity index (χ1v) is 6.41. The Balaban J connectivity index is 1.85. The first-order valence-electron chi connectivity index (χ1n) is 5.36. The molecule has 2 saturated heterocycles. The lowest BCUT2D eigenvalue weighted by Crippen LogP contribution is -2.45. The summed E-state index contributed by atoms with van der Waals surface area (Å²) in [5, 5.41) is 0.238. The van der Waals surface area contributed by atoms with Gasteiger partial charge < -0.3 is 9.64 Å². The Labute approximate surface area is 89.2 Å². The molecule has 1 unspecified atom stereocenters. The zero-order valence-electron chi connectivity index (χ0n) is 8.41. The Morgan fingerprint density at radius 1 is 1.29 bits per heavy atom. The minimum absolute atomic E-state index is 0.238. The minimum Gasteiger partial charge on any atom is -0.378 e. The Bertz CT molecular complexity index is 178. The molecule has 0 radical (unpaired) electrons. The number of amides is 1. The van der Waals surface area contributed by atoms with Gasteiger partial charge in [0.1, 0.15) is 0 Å². The fourth-order valence-corrected chi connectivity index (χ4v) is 3.20. The van der Waals surface area contributed by atoms with E-state index in [1.165, 1.54) is 12.8 Å². The average Bonchev–Trinajstić information content (AvgIpc) is 2.30. The second kappa shape index (κ2) is 5.03. The predicted molar refractivity (Wildman–Crippen MR) is 57.5 cm³/mol. The van der Waals surface area contributed by atoms with E-state index in [4.69, 9.17) is 4.74 Å². The highest BCUT2D eigenvalue weighted by atomic mass is 32.2. The summed E-state index contributed by atoms with van der Waals surface area (Å²) in [6.45, 7) is 3.00. The molecule has 1 amide bonds. The Kier molecular flexibility index (Phi) is 3.70. The molecule has 2 fully saturated rings. The highest BCUT2D eigenvalue weighted by molar-refractivity contribution is 8.00. The van der Waals surface area contributed by atoms with E-state index in [1.54, 1.807) is 0 Å². The van der Waals surface area contributed by atoms with Crippen molar-refractivity contribution >= 4 is 17.7 Å². The summed E-state index contributed by atoms with van der Waals surface area (Å²) in [6, 6.07) is 0. The average molecular weight is 215 g/mol. The summed E-state index contributed by atoms with van der Waals surface area (Å²) in [4.78, 5) is 14.0. The van der Waals surface area contributed by atoms with Gasteiger partial charge in [-0.1, -0.05) is 6.42 Å². The molecule has 0 saturated carbocycles. The van der Waals surface area contributed by atoms with Crippen LogP contribution in [0.4, 0.5) is 0 Å². The van der Waals surface area contributed by atoms with Gasteiger partial charge in [0.15, 0.2) is 0 Å². The molecule has 3 nitrogen and oxygen atoms in total. The molecule has 0 aromatic rings. The van der Waals surface area contributed by atoms with Crippen molar-refractivity contribution in [3.63, 3.8) is 0 Å². The molecule has 80 valence electrons. The molecule has 0 N–H and O–H groups in total. The topological polar surface area (TPSA) is 29.5 Å². The van der Waals surface area contributed by atoms with Crippen LogP contribution in [0.2, 0.25) is 0 Å². The third kappa shape index (κ3) is 2.42. The van der Waals surface area contributed by atoms with Gasteiger partial charge in [-0.2, -0.15) is 0 Å². The number of hydrogen-bond donors (Lipinski definition) is 0. The number of carbonyl (C=O) groups excluding carboxylic acids is 1. The van der Waals surface area contributed by atoms with Crippen molar-refractivity contribution in [2.45, 2.75) is 24.5 Å². The van der Waals surface area contributed by atoms with Gasteiger partial charge in [0.2, 0.25) is 5.91 Å². The molecule has 0 aromatic carbocycles. The van der Waals surface area contributed by atoms with Crippen LogP contribution in [-0.2, 0) is 9.53 Å². The zero-order valence-corrected chi connectivity index (χ0v) is 9.22. The van der Waals surface area contributed by atoms with Crippen molar-refractivity contribution in [2.24, 2.45) is 0 Å². The van der Waals surface area contributed by atoms with E-state index in [0.717, 1.165) is 25.3 Å². The highest BCUT2D eigenvalue weighted by Gasteiger charge is 2.27.